The van der Waals surface area contributed by atoms with Crippen LogP contribution in [-0.4, -0.2) is 23.5 Å². The van der Waals surface area contributed by atoms with Gasteiger partial charge in [-0.25, -0.2) is 0 Å². The molecule has 0 saturated carbocycles. The monoisotopic (exact) mass is 423 g/mol. The summed E-state index contributed by atoms with van der Waals surface area (Å²) in [6.45, 7) is 2.00. The van der Waals surface area contributed by atoms with E-state index >= 15 is 0 Å². The quantitative estimate of drug-likeness (QED) is 0.132. The van der Waals surface area contributed by atoms with Crippen molar-refractivity contribution in [2.45, 2.75) is 135 Å². The summed E-state index contributed by atoms with van der Waals surface area (Å²) in [4.78, 5) is 21.7. The van der Waals surface area contributed by atoms with E-state index in [1.165, 1.54) is 109 Å². The third kappa shape index (κ3) is 24.7. The minimum Gasteiger partial charge on any atom is -0.480 e. The van der Waals surface area contributed by atoms with Crippen LogP contribution in [0.3, 0.4) is 0 Å². The molecule has 30 heavy (non-hydrogen) atoms. The van der Waals surface area contributed by atoms with Crippen LogP contribution in [0.25, 0.3) is 0 Å². The van der Waals surface area contributed by atoms with Gasteiger partial charge in [-0.3, -0.25) is 9.59 Å². The molecule has 0 radical (unpaired) electrons. The Morgan fingerprint density at radius 2 is 1.03 bits per heavy atom. The second-order valence-corrected chi connectivity index (χ2v) is 8.63. The number of hydrogen-bond acceptors (Lipinski definition) is 2. The molecule has 0 saturated heterocycles. The molecule has 1 amide bonds. The zero-order valence-electron chi connectivity index (χ0n) is 19.8. The van der Waals surface area contributed by atoms with Gasteiger partial charge in [-0.15, -0.1) is 0 Å². The van der Waals surface area contributed by atoms with Crippen molar-refractivity contribution in [3.63, 3.8) is 0 Å². The molecule has 0 aliphatic rings. The molecular weight excluding hydrogens is 374 g/mol. The van der Waals surface area contributed by atoms with E-state index in [0.29, 0.717) is 6.42 Å². The lowest BCUT2D eigenvalue weighted by atomic mass is 10.0. The van der Waals surface area contributed by atoms with Crippen LogP contribution < -0.4 is 5.32 Å². The number of carboxylic acids is 1. The smallest absolute Gasteiger partial charge is 0.322 e. The lowest BCUT2D eigenvalue weighted by molar-refractivity contribution is -0.137. The molecule has 0 fully saturated rings. The topological polar surface area (TPSA) is 66.4 Å². The molecule has 0 aliphatic carbocycles. The minimum atomic E-state index is -0.987. The van der Waals surface area contributed by atoms with Crippen LogP contribution in [0.4, 0.5) is 0 Å². The van der Waals surface area contributed by atoms with Crippen LogP contribution in [0, 0.1) is 0 Å². The Balaban J connectivity index is 3.15. The van der Waals surface area contributed by atoms with Crippen LogP contribution >= 0.6 is 0 Å². The van der Waals surface area contributed by atoms with Crippen molar-refractivity contribution in [2.24, 2.45) is 0 Å². The highest BCUT2D eigenvalue weighted by Crippen LogP contribution is 2.13. The number of amides is 1. The number of carboxylic acid groups (broad SMARTS) is 1. The van der Waals surface area contributed by atoms with Gasteiger partial charge in [0.1, 0.15) is 6.54 Å². The normalized spacial score (nSPS) is 11.2. The average molecular weight is 424 g/mol. The van der Waals surface area contributed by atoms with Gasteiger partial charge in [-0.2, -0.15) is 0 Å². The van der Waals surface area contributed by atoms with Crippen molar-refractivity contribution in [1.82, 2.24) is 5.32 Å². The average Bonchev–Trinajstić information content (AvgIpc) is 2.73. The zero-order valence-corrected chi connectivity index (χ0v) is 19.8. The summed E-state index contributed by atoms with van der Waals surface area (Å²) in [6, 6.07) is 0. The highest BCUT2D eigenvalue weighted by Gasteiger charge is 2.03. The first-order valence-corrected chi connectivity index (χ1v) is 12.8. The second-order valence-electron chi connectivity index (χ2n) is 8.63. The zero-order chi connectivity index (χ0) is 22.1. The maximum absolute atomic E-state index is 11.4. The van der Waals surface area contributed by atoms with E-state index < -0.39 is 5.97 Å². The van der Waals surface area contributed by atoms with Crippen molar-refractivity contribution in [1.29, 1.82) is 0 Å². The van der Waals surface area contributed by atoms with E-state index in [0.717, 1.165) is 12.8 Å². The van der Waals surface area contributed by atoms with Crippen molar-refractivity contribution < 1.29 is 14.7 Å². The Kier molecular flexibility index (Phi) is 22.9. The Bertz CT molecular complexity index is 421. The number of allylic oxidation sites excluding steroid dienone is 2. The molecule has 0 rings (SSSR count). The summed E-state index contributed by atoms with van der Waals surface area (Å²) in [5.74, 6) is -1.13. The van der Waals surface area contributed by atoms with Crippen molar-refractivity contribution >= 4 is 11.9 Å². The van der Waals surface area contributed by atoms with E-state index in [1.807, 2.05) is 0 Å². The predicted molar refractivity (Wildman–Crippen MR) is 128 cm³/mol. The van der Waals surface area contributed by atoms with Gasteiger partial charge in [-0.05, 0) is 32.1 Å². The molecule has 2 N–H and O–H groups in total. The fraction of sp³-hybridized carbons (Fsp3) is 0.846. The number of nitrogens with one attached hydrogen (secondary N) is 1. The van der Waals surface area contributed by atoms with Gasteiger partial charge < -0.3 is 10.4 Å². The molecule has 4 heteroatoms. The Morgan fingerprint density at radius 3 is 1.47 bits per heavy atom. The van der Waals surface area contributed by atoms with Gasteiger partial charge in [0.2, 0.25) is 5.91 Å². The molecule has 0 aromatic carbocycles. The highest BCUT2D eigenvalue weighted by molar-refractivity contribution is 5.80. The standard InChI is InChI=1S/C26H49NO3/c1-2-3-4-5-6-7-8-9-10-11-12-13-14-15-16-17-18-19-20-21-22-23-25(28)27-24-26(29)30/h9-10H,2-8,11-24H2,1H3,(H,27,28)(H,29,30)/b10-9+. The van der Waals surface area contributed by atoms with Crippen LogP contribution in [0.15, 0.2) is 12.2 Å². The number of carbonyl (C=O) groups is 2. The maximum atomic E-state index is 11.4. The molecular formula is C26H49NO3. The van der Waals surface area contributed by atoms with Gasteiger partial charge in [0, 0.05) is 6.42 Å². The van der Waals surface area contributed by atoms with Gasteiger partial charge in [-0.1, -0.05) is 109 Å². The first kappa shape index (κ1) is 28.7. The van der Waals surface area contributed by atoms with Crippen molar-refractivity contribution in [3.8, 4) is 0 Å². The second kappa shape index (κ2) is 24.0. The molecule has 0 aromatic heterocycles. The lowest BCUT2D eigenvalue weighted by Crippen LogP contribution is -2.28. The van der Waals surface area contributed by atoms with E-state index in [9.17, 15) is 9.59 Å². The van der Waals surface area contributed by atoms with Crippen molar-refractivity contribution in [3.05, 3.63) is 12.2 Å². The molecule has 0 aromatic rings. The summed E-state index contributed by atoms with van der Waals surface area (Å²) in [7, 11) is 0. The molecule has 0 unspecified atom stereocenters. The Labute approximate surface area is 186 Å². The van der Waals surface area contributed by atoms with Crippen LogP contribution in [0.5, 0.6) is 0 Å². The first-order valence-electron chi connectivity index (χ1n) is 12.8. The summed E-state index contributed by atoms with van der Waals surface area (Å²) in [5.41, 5.74) is 0. The molecule has 0 atom stereocenters. The minimum absolute atomic E-state index is 0.148. The number of carbonyl (C=O) groups excluding carboxylic acids is 1. The summed E-state index contributed by atoms with van der Waals surface area (Å²) in [5, 5.41) is 10.9. The summed E-state index contributed by atoms with van der Waals surface area (Å²) in [6.07, 6.45) is 29.9. The fourth-order valence-electron chi connectivity index (χ4n) is 3.68. The van der Waals surface area contributed by atoms with Gasteiger partial charge >= 0.3 is 5.97 Å². The van der Waals surface area contributed by atoms with Gasteiger partial charge in [0.05, 0.1) is 0 Å². The van der Waals surface area contributed by atoms with Crippen LogP contribution in [-0.2, 0) is 9.59 Å². The first-order chi connectivity index (χ1) is 14.7. The predicted octanol–water partition coefficient (Wildman–Crippen LogP) is 7.57. The summed E-state index contributed by atoms with van der Waals surface area (Å²) < 4.78 is 0. The largest absolute Gasteiger partial charge is 0.480 e. The molecule has 4 nitrogen and oxygen atoms in total. The molecule has 0 spiro atoms. The SMILES string of the molecule is CCCCCCCC/C=C/CCCCCCCCCCCCCC(=O)NCC(=O)O. The van der Waals surface area contributed by atoms with Crippen molar-refractivity contribution in [2.75, 3.05) is 6.54 Å². The van der Waals surface area contributed by atoms with Gasteiger partial charge in [0.25, 0.3) is 0 Å². The van der Waals surface area contributed by atoms with E-state index in [1.54, 1.807) is 0 Å². The Morgan fingerprint density at radius 1 is 0.633 bits per heavy atom. The number of rotatable bonds is 23. The Hall–Kier alpha value is -1.32. The highest BCUT2D eigenvalue weighted by atomic mass is 16.4. The van der Waals surface area contributed by atoms with E-state index in [-0.39, 0.29) is 12.5 Å². The number of hydrogen-bond donors (Lipinski definition) is 2. The van der Waals surface area contributed by atoms with E-state index in [2.05, 4.69) is 24.4 Å². The van der Waals surface area contributed by atoms with Crippen LogP contribution in [0.2, 0.25) is 0 Å². The number of unbranched alkanes of at least 4 members (excludes halogenated alkanes) is 17. The molecule has 0 bridgehead atoms. The third-order valence-electron chi connectivity index (χ3n) is 5.60. The number of aliphatic carboxylic acids is 1. The molecule has 176 valence electrons. The molecule has 0 heterocycles. The van der Waals surface area contributed by atoms with Gasteiger partial charge in [0.15, 0.2) is 0 Å². The molecule has 0 aliphatic heterocycles. The lowest BCUT2D eigenvalue weighted by Gasteiger charge is -2.03. The van der Waals surface area contributed by atoms with E-state index in [4.69, 9.17) is 5.11 Å². The third-order valence-corrected chi connectivity index (χ3v) is 5.60. The van der Waals surface area contributed by atoms with Crippen LogP contribution in [0.1, 0.15) is 135 Å². The fourth-order valence-corrected chi connectivity index (χ4v) is 3.68. The summed E-state index contributed by atoms with van der Waals surface area (Å²) >= 11 is 0. The maximum Gasteiger partial charge on any atom is 0.322 e.